The molecule has 0 spiro atoms. The smallest absolute Gasteiger partial charge is 0.332 e. The summed E-state index contributed by atoms with van der Waals surface area (Å²) >= 11 is 1.70. The van der Waals surface area contributed by atoms with Crippen molar-refractivity contribution in [2.24, 2.45) is 0 Å². The fourth-order valence-corrected chi connectivity index (χ4v) is 6.95. The van der Waals surface area contributed by atoms with Crippen LogP contribution in [0.4, 0.5) is 0 Å². The van der Waals surface area contributed by atoms with Gasteiger partial charge in [0.1, 0.15) is 24.5 Å². The van der Waals surface area contributed by atoms with Crippen LogP contribution in [-0.4, -0.2) is 55.6 Å². The van der Waals surface area contributed by atoms with Gasteiger partial charge < -0.3 is 14.5 Å². The summed E-state index contributed by atoms with van der Waals surface area (Å²) in [4.78, 5) is 32.5. The van der Waals surface area contributed by atoms with E-state index in [1.807, 2.05) is 4.57 Å². The second-order valence-corrected chi connectivity index (χ2v) is 10.4. The third-order valence-electron chi connectivity index (χ3n) is 7.28. The minimum atomic E-state index is -0.0774. The molecule has 7 nitrogen and oxygen atoms in total. The summed E-state index contributed by atoms with van der Waals surface area (Å²) in [5, 5.41) is 0.852. The molecule has 164 valence electrons. The molecular formula is C22H34N4O3S+2. The first-order chi connectivity index (χ1) is 14.6. The quantitative estimate of drug-likeness (QED) is 0.664. The number of hydrogen-bond acceptors (Lipinski definition) is 4. The number of hydrogen-bond donors (Lipinski definition) is 2. The van der Waals surface area contributed by atoms with Gasteiger partial charge in [-0.05, 0) is 18.4 Å². The van der Waals surface area contributed by atoms with E-state index in [2.05, 4.69) is 7.05 Å². The van der Waals surface area contributed by atoms with Gasteiger partial charge in [0.05, 0.1) is 50.2 Å². The van der Waals surface area contributed by atoms with Gasteiger partial charge in [-0.3, -0.25) is 13.9 Å². The number of fused-ring (bicyclic) bond motifs is 3. The Kier molecular flexibility index (Phi) is 5.84. The summed E-state index contributed by atoms with van der Waals surface area (Å²) in [7, 11) is 2.21. The van der Waals surface area contributed by atoms with Crippen molar-refractivity contribution < 1.29 is 14.5 Å². The topological polar surface area (TPSA) is 62.1 Å². The molecule has 0 radical (unpaired) electrons. The molecule has 0 amide bonds. The standard InChI is InChI=1S/C22H32N4O3S/c1-23-8-7-17-18(15-23)30-21-19(17)20(27)26(16-5-3-2-4-6-16)22(28)25(21)10-9-24-11-13-29-14-12-24/h16H,2-15H2,1H3/p+2. The lowest BCUT2D eigenvalue weighted by Gasteiger charge is -2.26. The van der Waals surface area contributed by atoms with E-state index in [-0.39, 0.29) is 17.3 Å². The van der Waals surface area contributed by atoms with Crippen LogP contribution < -0.4 is 21.0 Å². The summed E-state index contributed by atoms with van der Waals surface area (Å²) < 4.78 is 9.09. The number of aromatic nitrogens is 2. The van der Waals surface area contributed by atoms with Gasteiger partial charge in [-0.25, -0.2) is 4.79 Å². The van der Waals surface area contributed by atoms with Gasteiger partial charge >= 0.3 is 5.69 Å². The Bertz CT molecular complexity index is 1030. The van der Waals surface area contributed by atoms with Gasteiger partial charge in [-0.15, -0.1) is 11.3 Å². The van der Waals surface area contributed by atoms with E-state index in [9.17, 15) is 9.59 Å². The summed E-state index contributed by atoms with van der Waals surface area (Å²) in [6, 6.07) is 0.0672. The third kappa shape index (κ3) is 3.68. The molecule has 1 atom stereocenters. The zero-order valence-corrected chi connectivity index (χ0v) is 18.8. The average molecular weight is 435 g/mol. The lowest BCUT2D eigenvalue weighted by atomic mass is 9.95. The van der Waals surface area contributed by atoms with Crippen LogP contribution in [0.25, 0.3) is 10.2 Å². The first-order valence-electron chi connectivity index (χ1n) is 11.7. The van der Waals surface area contributed by atoms with Crippen molar-refractivity contribution in [3.8, 4) is 0 Å². The Morgan fingerprint density at radius 2 is 1.87 bits per heavy atom. The second kappa shape index (κ2) is 8.57. The SMILES string of the molecule is C[NH+]1CCc2c(sc3c2c(=O)n(C2CCCCC2)c(=O)n3CC[NH+]2CCOCC2)C1. The van der Waals surface area contributed by atoms with Gasteiger partial charge in [-0.1, -0.05) is 19.3 Å². The van der Waals surface area contributed by atoms with Crippen molar-refractivity contribution in [2.75, 3.05) is 46.4 Å². The minimum absolute atomic E-state index is 0.0195. The zero-order chi connectivity index (χ0) is 20.7. The first-order valence-corrected chi connectivity index (χ1v) is 12.5. The number of nitrogens with zero attached hydrogens (tertiary/aromatic N) is 2. The maximum Gasteiger partial charge on any atom is 0.332 e. The van der Waals surface area contributed by atoms with Gasteiger partial charge in [-0.2, -0.15) is 0 Å². The zero-order valence-electron chi connectivity index (χ0n) is 18.0. The molecule has 4 heterocycles. The van der Waals surface area contributed by atoms with E-state index >= 15 is 0 Å². The Labute approximate surface area is 180 Å². The van der Waals surface area contributed by atoms with Crippen molar-refractivity contribution in [3.05, 3.63) is 31.3 Å². The van der Waals surface area contributed by atoms with Crippen LogP contribution in [-0.2, 0) is 24.2 Å². The molecule has 2 fully saturated rings. The predicted octanol–water partition coefficient (Wildman–Crippen LogP) is -0.784. The van der Waals surface area contributed by atoms with Crippen molar-refractivity contribution >= 4 is 21.6 Å². The molecule has 3 aliphatic rings. The highest BCUT2D eigenvalue weighted by molar-refractivity contribution is 7.18. The largest absolute Gasteiger partial charge is 0.370 e. The molecule has 2 N–H and O–H groups in total. The number of morpholine rings is 1. The molecule has 0 aromatic carbocycles. The van der Waals surface area contributed by atoms with Gasteiger partial charge in [0.25, 0.3) is 5.56 Å². The van der Waals surface area contributed by atoms with Crippen LogP contribution in [0.1, 0.15) is 48.6 Å². The van der Waals surface area contributed by atoms with E-state index in [0.29, 0.717) is 6.54 Å². The predicted molar refractivity (Wildman–Crippen MR) is 118 cm³/mol. The number of thiophene rings is 1. The molecule has 2 aliphatic heterocycles. The Morgan fingerprint density at radius 1 is 1.10 bits per heavy atom. The molecule has 2 aromatic rings. The van der Waals surface area contributed by atoms with Crippen LogP contribution in [0.15, 0.2) is 9.59 Å². The van der Waals surface area contributed by atoms with Crippen LogP contribution in [0.5, 0.6) is 0 Å². The maximum absolute atomic E-state index is 13.6. The van der Waals surface area contributed by atoms with Crippen molar-refractivity contribution in [2.45, 2.75) is 57.7 Å². The molecule has 1 aliphatic carbocycles. The molecule has 2 aromatic heterocycles. The Hall–Kier alpha value is -1.48. The van der Waals surface area contributed by atoms with Crippen molar-refractivity contribution in [1.29, 1.82) is 0 Å². The summed E-state index contributed by atoms with van der Waals surface area (Å²) in [5.41, 5.74) is 1.13. The minimum Gasteiger partial charge on any atom is -0.370 e. The highest BCUT2D eigenvalue weighted by Crippen LogP contribution is 2.31. The van der Waals surface area contributed by atoms with Crippen LogP contribution in [0, 0.1) is 0 Å². The van der Waals surface area contributed by atoms with Crippen molar-refractivity contribution in [1.82, 2.24) is 9.13 Å². The van der Waals surface area contributed by atoms with E-state index in [4.69, 9.17) is 4.74 Å². The normalized spacial score (nSPS) is 23.7. The summed E-state index contributed by atoms with van der Waals surface area (Å²) in [6.45, 7) is 7.19. The van der Waals surface area contributed by atoms with Gasteiger partial charge in [0, 0.05) is 12.5 Å². The number of quaternary nitrogens is 2. The lowest BCUT2D eigenvalue weighted by Crippen LogP contribution is -3.14. The number of ether oxygens (including phenoxy) is 1. The average Bonchev–Trinajstić information content (AvgIpc) is 3.13. The molecule has 0 bridgehead atoms. The molecule has 1 saturated heterocycles. The summed E-state index contributed by atoms with van der Waals surface area (Å²) in [6.07, 6.45) is 6.28. The first kappa shape index (κ1) is 20.4. The number of likely N-dealkylation sites (N-methyl/N-ethyl adjacent to an activating group) is 1. The molecule has 5 rings (SSSR count). The molecule has 30 heavy (non-hydrogen) atoms. The van der Waals surface area contributed by atoms with E-state index in [1.165, 1.54) is 26.7 Å². The Morgan fingerprint density at radius 3 is 2.63 bits per heavy atom. The molecule has 1 saturated carbocycles. The van der Waals surface area contributed by atoms with Crippen LogP contribution in [0.3, 0.4) is 0 Å². The van der Waals surface area contributed by atoms with E-state index in [0.717, 1.165) is 88.3 Å². The molecule has 8 heteroatoms. The van der Waals surface area contributed by atoms with E-state index < -0.39 is 0 Å². The summed E-state index contributed by atoms with van der Waals surface area (Å²) in [5.74, 6) is 0. The molecular weight excluding hydrogens is 400 g/mol. The monoisotopic (exact) mass is 434 g/mol. The second-order valence-electron chi connectivity index (χ2n) is 9.33. The number of nitrogens with one attached hydrogen (secondary N) is 2. The Balaban J connectivity index is 1.62. The molecule has 1 unspecified atom stereocenters. The van der Waals surface area contributed by atoms with Crippen LogP contribution >= 0.6 is 11.3 Å². The third-order valence-corrected chi connectivity index (χ3v) is 8.53. The number of rotatable bonds is 4. The van der Waals surface area contributed by atoms with Crippen molar-refractivity contribution in [3.63, 3.8) is 0 Å². The fourth-order valence-electron chi connectivity index (χ4n) is 5.48. The van der Waals surface area contributed by atoms with E-state index in [1.54, 1.807) is 15.9 Å². The van der Waals surface area contributed by atoms with Gasteiger partial charge in [0.15, 0.2) is 0 Å². The van der Waals surface area contributed by atoms with Crippen LogP contribution in [0.2, 0.25) is 0 Å². The fraction of sp³-hybridized carbons (Fsp3) is 0.727. The lowest BCUT2D eigenvalue weighted by molar-refractivity contribution is -0.908. The maximum atomic E-state index is 13.6. The van der Waals surface area contributed by atoms with Gasteiger partial charge in [0.2, 0.25) is 0 Å². The highest BCUT2D eigenvalue weighted by Gasteiger charge is 2.29. The highest BCUT2D eigenvalue weighted by atomic mass is 32.1.